The Morgan fingerprint density at radius 2 is 2.00 bits per heavy atom. The summed E-state index contributed by atoms with van der Waals surface area (Å²) >= 11 is 0. The Balaban J connectivity index is 3.67. The van der Waals surface area contributed by atoms with Crippen molar-refractivity contribution in [2.24, 2.45) is 5.41 Å². The van der Waals surface area contributed by atoms with E-state index in [1.165, 1.54) is 0 Å². The first-order valence-electron chi connectivity index (χ1n) is 5.29. The number of hydrogen-bond acceptors (Lipinski definition) is 3. The first-order valence-corrected chi connectivity index (χ1v) is 5.29. The largest absolute Gasteiger partial charge is 0.479 e. The summed E-state index contributed by atoms with van der Waals surface area (Å²) < 4.78 is 10.3. The van der Waals surface area contributed by atoms with Gasteiger partial charge in [0.05, 0.1) is 6.61 Å². The molecule has 90 valence electrons. The average Bonchev–Trinajstić information content (AvgIpc) is 2.08. The van der Waals surface area contributed by atoms with Crippen LogP contribution in [0.25, 0.3) is 0 Å². The van der Waals surface area contributed by atoms with Gasteiger partial charge in [0.1, 0.15) is 0 Å². The molecular weight excluding hydrogens is 196 g/mol. The van der Waals surface area contributed by atoms with Gasteiger partial charge in [0.25, 0.3) is 0 Å². The summed E-state index contributed by atoms with van der Waals surface area (Å²) in [6, 6.07) is 0. The Morgan fingerprint density at radius 3 is 2.40 bits per heavy atom. The van der Waals surface area contributed by atoms with E-state index in [1.54, 1.807) is 6.92 Å². The van der Waals surface area contributed by atoms with Crippen LogP contribution in [-0.2, 0) is 14.3 Å². The molecule has 0 saturated heterocycles. The summed E-state index contributed by atoms with van der Waals surface area (Å²) in [5.41, 5.74) is 0.213. The molecule has 0 aromatic carbocycles. The van der Waals surface area contributed by atoms with E-state index in [0.717, 1.165) is 6.42 Å². The molecule has 1 N–H and O–H groups in total. The third-order valence-corrected chi connectivity index (χ3v) is 1.91. The number of rotatable bonds is 7. The lowest BCUT2D eigenvalue weighted by molar-refractivity contribution is -0.154. The van der Waals surface area contributed by atoms with Gasteiger partial charge in [-0.05, 0) is 18.8 Å². The fourth-order valence-electron chi connectivity index (χ4n) is 0.961. The van der Waals surface area contributed by atoms with Gasteiger partial charge in [0.2, 0.25) is 0 Å². The molecular formula is C11H22O4. The molecule has 0 aromatic rings. The molecule has 0 rings (SSSR count). The molecule has 0 spiro atoms. The molecule has 15 heavy (non-hydrogen) atoms. The zero-order valence-electron chi connectivity index (χ0n) is 10.1. The molecule has 0 aromatic heterocycles. The zero-order chi connectivity index (χ0) is 11.9. The molecule has 0 amide bonds. The first-order chi connectivity index (χ1) is 6.87. The molecule has 0 aliphatic carbocycles. The Morgan fingerprint density at radius 1 is 1.40 bits per heavy atom. The molecule has 4 heteroatoms. The first kappa shape index (κ1) is 14.4. The lowest BCUT2D eigenvalue weighted by Gasteiger charge is -2.19. The van der Waals surface area contributed by atoms with Crippen molar-refractivity contribution < 1.29 is 19.4 Å². The van der Waals surface area contributed by atoms with Crippen LogP contribution in [0.4, 0.5) is 0 Å². The zero-order valence-corrected chi connectivity index (χ0v) is 10.1. The molecule has 4 nitrogen and oxygen atoms in total. The quantitative estimate of drug-likeness (QED) is 0.663. The maximum atomic E-state index is 10.7. The predicted octanol–water partition coefficient (Wildman–Crippen LogP) is 1.93. The Bertz CT molecular complexity index is 184. The van der Waals surface area contributed by atoms with Crippen molar-refractivity contribution in [3.63, 3.8) is 0 Å². The van der Waals surface area contributed by atoms with Gasteiger partial charge in [-0.2, -0.15) is 0 Å². The van der Waals surface area contributed by atoms with Crippen LogP contribution >= 0.6 is 0 Å². The summed E-state index contributed by atoms with van der Waals surface area (Å²) in [5.74, 6) is -0.965. The SMILES string of the molecule is CCOC(COCCC(C)(C)C)C(=O)O. The maximum absolute atomic E-state index is 10.7. The summed E-state index contributed by atoms with van der Waals surface area (Å²) in [5, 5.41) is 8.76. The van der Waals surface area contributed by atoms with E-state index >= 15 is 0 Å². The second kappa shape index (κ2) is 6.80. The number of carbonyl (C=O) groups is 1. The number of hydrogen-bond donors (Lipinski definition) is 1. The van der Waals surface area contributed by atoms with Crippen molar-refractivity contribution in [3.8, 4) is 0 Å². The lowest BCUT2D eigenvalue weighted by Crippen LogP contribution is -2.29. The Labute approximate surface area is 91.6 Å². The van der Waals surface area contributed by atoms with E-state index in [0.29, 0.717) is 13.2 Å². The van der Waals surface area contributed by atoms with Crippen LogP contribution in [0.1, 0.15) is 34.1 Å². The van der Waals surface area contributed by atoms with E-state index in [9.17, 15) is 4.79 Å². The molecule has 0 heterocycles. The minimum Gasteiger partial charge on any atom is -0.479 e. The van der Waals surface area contributed by atoms with Gasteiger partial charge in [-0.25, -0.2) is 4.79 Å². The fraction of sp³-hybridized carbons (Fsp3) is 0.909. The Hall–Kier alpha value is -0.610. The lowest BCUT2D eigenvalue weighted by atomic mass is 9.93. The Kier molecular flexibility index (Phi) is 6.52. The normalized spacial score (nSPS) is 13.9. The molecule has 0 radical (unpaired) electrons. The van der Waals surface area contributed by atoms with Crippen LogP contribution in [0.3, 0.4) is 0 Å². The van der Waals surface area contributed by atoms with Gasteiger partial charge >= 0.3 is 5.97 Å². The van der Waals surface area contributed by atoms with Crippen LogP contribution in [-0.4, -0.2) is 37.0 Å². The van der Waals surface area contributed by atoms with E-state index < -0.39 is 12.1 Å². The fourth-order valence-corrected chi connectivity index (χ4v) is 0.961. The van der Waals surface area contributed by atoms with Gasteiger partial charge in [0.15, 0.2) is 6.10 Å². The van der Waals surface area contributed by atoms with Crippen molar-refractivity contribution in [1.82, 2.24) is 0 Å². The monoisotopic (exact) mass is 218 g/mol. The van der Waals surface area contributed by atoms with Crippen LogP contribution in [0, 0.1) is 5.41 Å². The number of aliphatic carboxylic acids is 1. The molecule has 1 atom stereocenters. The third-order valence-electron chi connectivity index (χ3n) is 1.91. The highest BCUT2D eigenvalue weighted by atomic mass is 16.5. The number of carboxylic acids is 1. The highest BCUT2D eigenvalue weighted by molar-refractivity contribution is 5.72. The second-order valence-corrected chi connectivity index (χ2v) is 4.67. The standard InChI is InChI=1S/C11H22O4/c1-5-15-9(10(12)13)8-14-7-6-11(2,3)4/h9H,5-8H2,1-4H3,(H,12,13). The van der Waals surface area contributed by atoms with E-state index in [1.807, 2.05) is 0 Å². The van der Waals surface area contributed by atoms with Crippen molar-refractivity contribution >= 4 is 5.97 Å². The van der Waals surface area contributed by atoms with Crippen LogP contribution in [0.5, 0.6) is 0 Å². The smallest absolute Gasteiger partial charge is 0.335 e. The number of carboxylic acid groups (broad SMARTS) is 1. The third kappa shape index (κ3) is 8.39. The minimum absolute atomic E-state index is 0.124. The summed E-state index contributed by atoms with van der Waals surface area (Å²) in [6.07, 6.45) is 0.0702. The summed E-state index contributed by atoms with van der Waals surface area (Å²) in [7, 11) is 0. The summed E-state index contributed by atoms with van der Waals surface area (Å²) in [4.78, 5) is 10.7. The van der Waals surface area contributed by atoms with Crippen LogP contribution < -0.4 is 0 Å². The minimum atomic E-state index is -0.965. The average molecular weight is 218 g/mol. The van der Waals surface area contributed by atoms with Gasteiger partial charge in [0, 0.05) is 13.2 Å². The maximum Gasteiger partial charge on any atom is 0.335 e. The van der Waals surface area contributed by atoms with Gasteiger partial charge in [-0.1, -0.05) is 20.8 Å². The van der Waals surface area contributed by atoms with Gasteiger partial charge in [-0.15, -0.1) is 0 Å². The number of ether oxygens (including phenoxy) is 2. The van der Waals surface area contributed by atoms with Crippen molar-refractivity contribution in [2.75, 3.05) is 19.8 Å². The molecule has 0 aliphatic heterocycles. The highest BCUT2D eigenvalue weighted by Gasteiger charge is 2.18. The van der Waals surface area contributed by atoms with E-state index in [-0.39, 0.29) is 12.0 Å². The molecule has 0 bridgehead atoms. The van der Waals surface area contributed by atoms with Crippen molar-refractivity contribution in [2.45, 2.75) is 40.2 Å². The van der Waals surface area contributed by atoms with Crippen molar-refractivity contribution in [1.29, 1.82) is 0 Å². The predicted molar refractivity (Wildman–Crippen MR) is 57.9 cm³/mol. The van der Waals surface area contributed by atoms with E-state index in [2.05, 4.69) is 20.8 Å². The highest BCUT2D eigenvalue weighted by Crippen LogP contribution is 2.17. The second-order valence-electron chi connectivity index (χ2n) is 4.67. The van der Waals surface area contributed by atoms with Gasteiger partial charge in [-0.3, -0.25) is 0 Å². The molecule has 1 unspecified atom stereocenters. The topological polar surface area (TPSA) is 55.8 Å². The molecule has 0 fully saturated rings. The van der Waals surface area contributed by atoms with Gasteiger partial charge < -0.3 is 14.6 Å². The van der Waals surface area contributed by atoms with E-state index in [4.69, 9.17) is 14.6 Å². The molecule has 0 aliphatic rings. The summed E-state index contributed by atoms with van der Waals surface area (Å²) in [6.45, 7) is 9.21. The van der Waals surface area contributed by atoms with Crippen molar-refractivity contribution in [3.05, 3.63) is 0 Å². The van der Waals surface area contributed by atoms with Crippen LogP contribution in [0.15, 0.2) is 0 Å². The van der Waals surface area contributed by atoms with Crippen LogP contribution in [0.2, 0.25) is 0 Å². The molecule has 0 saturated carbocycles.